The summed E-state index contributed by atoms with van der Waals surface area (Å²) in [6.07, 6.45) is 5.27. The predicted molar refractivity (Wildman–Crippen MR) is 121 cm³/mol. The lowest BCUT2D eigenvalue weighted by atomic mass is 10.0. The first-order chi connectivity index (χ1) is 16.7. The lowest BCUT2D eigenvalue weighted by molar-refractivity contribution is 0.166. The summed E-state index contributed by atoms with van der Waals surface area (Å²) in [4.78, 5) is 8.96. The van der Waals surface area contributed by atoms with Gasteiger partial charge in [-0.1, -0.05) is 6.92 Å². The molecule has 5 aromatic rings. The standard InChI is InChI=1S/C23H21FN8O2/c1-2-19(33)18-5-3-14(21-27-11-29-32(18)21)16-10-26-23(31-12-28-30-22(16)31)25-9-15-13-7-8-34-20(13)6-4-17(15)24/h3-6,10-12,19,33H,2,7-9H2,1H3,(H,25,26)/t19-/m0/s1. The summed E-state index contributed by atoms with van der Waals surface area (Å²) in [6.45, 7) is 2.70. The quantitative estimate of drug-likeness (QED) is 0.398. The second-order valence-corrected chi connectivity index (χ2v) is 8.07. The Balaban J connectivity index is 1.38. The van der Waals surface area contributed by atoms with Crippen LogP contribution in [0.2, 0.25) is 0 Å². The van der Waals surface area contributed by atoms with Gasteiger partial charge in [0.1, 0.15) is 24.2 Å². The van der Waals surface area contributed by atoms with E-state index in [4.69, 9.17) is 4.74 Å². The van der Waals surface area contributed by atoms with Crippen LogP contribution in [0.4, 0.5) is 10.3 Å². The van der Waals surface area contributed by atoms with Crippen LogP contribution in [0.1, 0.15) is 36.3 Å². The zero-order valence-corrected chi connectivity index (χ0v) is 18.3. The summed E-state index contributed by atoms with van der Waals surface area (Å²) in [6, 6.07) is 6.79. The van der Waals surface area contributed by atoms with Crippen molar-refractivity contribution in [3.05, 3.63) is 65.8 Å². The molecule has 1 aliphatic rings. The van der Waals surface area contributed by atoms with Crippen LogP contribution < -0.4 is 10.1 Å². The molecule has 6 rings (SSSR count). The van der Waals surface area contributed by atoms with Crippen molar-refractivity contribution < 1.29 is 14.2 Å². The Kier molecular flexibility index (Phi) is 4.84. The van der Waals surface area contributed by atoms with Crippen molar-refractivity contribution in [1.29, 1.82) is 0 Å². The van der Waals surface area contributed by atoms with Crippen LogP contribution in [0, 0.1) is 5.82 Å². The van der Waals surface area contributed by atoms with E-state index >= 15 is 0 Å². The van der Waals surface area contributed by atoms with Crippen molar-refractivity contribution in [2.24, 2.45) is 0 Å². The summed E-state index contributed by atoms with van der Waals surface area (Å²) >= 11 is 0. The van der Waals surface area contributed by atoms with Crippen molar-refractivity contribution in [3.8, 4) is 16.9 Å². The van der Waals surface area contributed by atoms with Gasteiger partial charge in [0.15, 0.2) is 11.3 Å². The van der Waals surface area contributed by atoms with Gasteiger partial charge in [0.05, 0.1) is 18.4 Å². The maximum absolute atomic E-state index is 14.5. The van der Waals surface area contributed by atoms with Gasteiger partial charge in [0.25, 0.3) is 0 Å². The Morgan fingerprint density at radius 3 is 2.97 bits per heavy atom. The van der Waals surface area contributed by atoms with Crippen molar-refractivity contribution in [2.75, 3.05) is 11.9 Å². The third-order valence-corrected chi connectivity index (χ3v) is 6.17. The molecule has 0 unspecified atom stereocenters. The largest absolute Gasteiger partial charge is 0.493 e. The SMILES string of the molecule is CC[C@H](O)c1ccc(-c2cnc(NCc3c(F)ccc4c3CCO4)n3cnnc23)c2ncnn12. The molecule has 1 aliphatic heterocycles. The minimum absolute atomic E-state index is 0.246. The Labute approximate surface area is 193 Å². The van der Waals surface area contributed by atoms with E-state index in [-0.39, 0.29) is 12.4 Å². The van der Waals surface area contributed by atoms with Gasteiger partial charge in [-0.25, -0.2) is 18.9 Å². The van der Waals surface area contributed by atoms with Crippen LogP contribution in [0.15, 0.2) is 43.1 Å². The van der Waals surface area contributed by atoms with Gasteiger partial charge in [-0.2, -0.15) is 5.10 Å². The van der Waals surface area contributed by atoms with E-state index in [1.807, 2.05) is 19.1 Å². The number of nitrogens with one attached hydrogen (secondary N) is 1. The van der Waals surface area contributed by atoms with Gasteiger partial charge in [-0.15, -0.1) is 10.2 Å². The van der Waals surface area contributed by atoms with E-state index in [0.29, 0.717) is 53.5 Å². The number of anilines is 1. The zero-order valence-electron chi connectivity index (χ0n) is 18.3. The minimum Gasteiger partial charge on any atom is -0.493 e. The number of aliphatic hydroxyl groups excluding tert-OH is 1. The molecule has 0 saturated heterocycles. The molecular formula is C23H21FN8O2. The lowest BCUT2D eigenvalue weighted by Crippen LogP contribution is -2.10. The number of fused-ring (bicyclic) bond motifs is 3. The number of nitrogens with zero attached hydrogens (tertiary/aromatic N) is 7. The first-order valence-corrected chi connectivity index (χ1v) is 11.0. The smallest absolute Gasteiger partial charge is 0.210 e. The topological polar surface area (TPSA) is 115 Å². The third-order valence-electron chi connectivity index (χ3n) is 6.17. The molecule has 0 radical (unpaired) electrons. The van der Waals surface area contributed by atoms with Gasteiger partial charge < -0.3 is 15.2 Å². The third kappa shape index (κ3) is 3.16. The first-order valence-electron chi connectivity index (χ1n) is 11.0. The lowest BCUT2D eigenvalue weighted by Gasteiger charge is -2.14. The number of benzene rings is 1. The molecule has 11 heteroatoms. The molecule has 5 heterocycles. The average Bonchev–Trinajstić information content (AvgIpc) is 3.62. The highest BCUT2D eigenvalue weighted by Gasteiger charge is 2.21. The van der Waals surface area contributed by atoms with Crippen molar-refractivity contribution in [2.45, 2.75) is 32.4 Å². The number of rotatable bonds is 6. The molecule has 0 amide bonds. The summed E-state index contributed by atoms with van der Waals surface area (Å²) in [5.41, 5.74) is 4.71. The fourth-order valence-electron chi connectivity index (χ4n) is 4.41. The molecule has 0 saturated carbocycles. The van der Waals surface area contributed by atoms with E-state index in [1.165, 1.54) is 12.4 Å². The van der Waals surface area contributed by atoms with Crippen molar-refractivity contribution in [3.63, 3.8) is 0 Å². The molecule has 1 aromatic carbocycles. The molecule has 0 aliphatic carbocycles. The van der Waals surface area contributed by atoms with Crippen LogP contribution >= 0.6 is 0 Å². The van der Waals surface area contributed by atoms with Crippen molar-refractivity contribution in [1.82, 2.24) is 34.2 Å². The number of halogens is 1. The molecule has 10 nitrogen and oxygen atoms in total. The fraction of sp³-hybridized carbons (Fsp3) is 0.261. The van der Waals surface area contributed by atoms with Crippen LogP contribution in [0.5, 0.6) is 5.75 Å². The van der Waals surface area contributed by atoms with Crippen LogP contribution in [-0.4, -0.2) is 45.9 Å². The monoisotopic (exact) mass is 460 g/mol. The Morgan fingerprint density at radius 1 is 1.18 bits per heavy atom. The zero-order chi connectivity index (χ0) is 23.2. The number of pyridine rings is 1. The molecule has 2 N–H and O–H groups in total. The summed E-state index contributed by atoms with van der Waals surface area (Å²) < 4.78 is 23.4. The van der Waals surface area contributed by atoms with Gasteiger partial charge >= 0.3 is 0 Å². The predicted octanol–water partition coefficient (Wildman–Crippen LogP) is 2.96. The molecule has 0 bridgehead atoms. The maximum Gasteiger partial charge on any atom is 0.210 e. The molecule has 34 heavy (non-hydrogen) atoms. The summed E-state index contributed by atoms with van der Waals surface area (Å²) in [5, 5.41) is 26.2. The molecule has 4 aromatic heterocycles. The first kappa shape index (κ1) is 20.5. The fourth-order valence-corrected chi connectivity index (χ4v) is 4.41. The Morgan fingerprint density at radius 2 is 2.09 bits per heavy atom. The van der Waals surface area contributed by atoms with Gasteiger partial charge in [-0.05, 0) is 30.7 Å². The highest BCUT2D eigenvalue weighted by molar-refractivity contribution is 5.86. The Hall–Kier alpha value is -4.12. The number of aromatic nitrogens is 7. The molecule has 1 atom stereocenters. The van der Waals surface area contributed by atoms with E-state index < -0.39 is 6.10 Å². The van der Waals surface area contributed by atoms with Crippen LogP contribution in [0.25, 0.3) is 22.4 Å². The normalized spacial score (nSPS) is 13.9. The minimum atomic E-state index is -0.652. The van der Waals surface area contributed by atoms with Gasteiger partial charge in [-0.3, -0.25) is 4.40 Å². The molecular weight excluding hydrogens is 439 g/mol. The number of hydrogen-bond acceptors (Lipinski definition) is 8. The summed E-state index contributed by atoms with van der Waals surface area (Å²) in [7, 11) is 0. The molecule has 172 valence electrons. The van der Waals surface area contributed by atoms with E-state index in [1.54, 1.807) is 27.5 Å². The van der Waals surface area contributed by atoms with Gasteiger partial charge in [0.2, 0.25) is 5.95 Å². The maximum atomic E-state index is 14.5. The highest BCUT2D eigenvalue weighted by Crippen LogP contribution is 2.32. The number of hydrogen-bond donors (Lipinski definition) is 2. The second-order valence-electron chi connectivity index (χ2n) is 8.07. The van der Waals surface area contributed by atoms with E-state index in [9.17, 15) is 9.50 Å². The molecule has 0 fully saturated rings. The Bertz CT molecular complexity index is 1530. The highest BCUT2D eigenvalue weighted by atomic mass is 19.1. The number of aliphatic hydroxyl groups is 1. The molecule has 0 spiro atoms. The van der Waals surface area contributed by atoms with Gasteiger partial charge in [0, 0.05) is 41.4 Å². The second kappa shape index (κ2) is 8.03. The summed E-state index contributed by atoms with van der Waals surface area (Å²) in [5.74, 6) is 0.928. The number of ether oxygens (including phenoxy) is 1. The average molecular weight is 460 g/mol. The van der Waals surface area contributed by atoms with E-state index in [0.717, 1.165) is 16.9 Å². The van der Waals surface area contributed by atoms with Crippen molar-refractivity contribution >= 4 is 17.2 Å². The van der Waals surface area contributed by atoms with E-state index in [2.05, 4.69) is 30.6 Å². The van der Waals surface area contributed by atoms with Crippen LogP contribution in [-0.2, 0) is 13.0 Å². The van der Waals surface area contributed by atoms with Crippen LogP contribution in [0.3, 0.4) is 0 Å².